The van der Waals surface area contributed by atoms with Gasteiger partial charge in [0.2, 0.25) is 0 Å². The van der Waals surface area contributed by atoms with Crippen LogP contribution in [-0.2, 0) is 6.54 Å². The second-order valence-electron chi connectivity index (χ2n) is 6.40. The highest BCUT2D eigenvalue weighted by atomic mass is 16.6. The molecule has 0 radical (unpaired) electrons. The molecule has 3 rings (SSSR count). The third-order valence-electron chi connectivity index (χ3n) is 4.50. The molecule has 148 valence electrons. The van der Waals surface area contributed by atoms with E-state index in [1.54, 1.807) is 0 Å². The molecule has 1 aromatic heterocycles. The van der Waals surface area contributed by atoms with Crippen LogP contribution in [-0.4, -0.2) is 22.5 Å². The van der Waals surface area contributed by atoms with Crippen LogP contribution in [0.3, 0.4) is 0 Å². The number of aryl methyl sites for hydroxylation is 1. The zero-order valence-corrected chi connectivity index (χ0v) is 15.9. The molecule has 0 saturated carbocycles. The lowest BCUT2D eigenvalue weighted by molar-refractivity contribution is -0.384. The molecule has 1 amide bonds. The number of carbonyl (C=O) groups is 1. The van der Waals surface area contributed by atoms with Crippen molar-refractivity contribution in [3.05, 3.63) is 98.0 Å². The van der Waals surface area contributed by atoms with Gasteiger partial charge in [-0.25, -0.2) is 0 Å². The van der Waals surface area contributed by atoms with Gasteiger partial charge in [0.15, 0.2) is 0 Å². The Labute approximate surface area is 166 Å². The van der Waals surface area contributed by atoms with Gasteiger partial charge >= 0.3 is 0 Å². The van der Waals surface area contributed by atoms with Gasteiger partial charge in [-0.05, 0) is 36.2 Å². The second kappa shape index (κ2) is 8.39. The molecule has 0 unspecified atom stereocenters. The first-order valence-electron chi connectivity index (χ1n) is 8.78. The van der Waals surface area contributed by atoms with Gasteiger partial charge in [0, 0.05) is 12.3 Å². The number of amides is 1. The predicted octanol–water partition coefficient (Wildman–Crippen LogP) is 3.37. The maximum absolute atomic E-state index is 12.6. The Balaban J connectivity index is 1.88. The smallest absolute Gasteiger partial charge is 0.296 e. The molecule has 0 spiro atoms. The maximum Gasteiger partial charge on any atom is 0.296 e. The highest BCUT2D eigenvalue weighted by Gasteiger charge is 2.18. The summed E-state index contributed by atoms with van der Waals surface area (Å²) >= 11 is 0. The largest absolute Gasteiger partial charge is 0.496 e. The van der Waals surface area contributed by atoms with Gasteiger partial charge in [-0.15, -0.1) is 0 Å². The molecule has 0 aliphatic heterocycles. The first-order valence-corrected chi connectivity index (χ1v) is 8.78. The molecule has 0 bridgehead atoms. The van der Waals surface area contributed by atoms with Crippen LogP contribution in [0.4, 0.5) is 11.4 Å². The second-order valence-corrected chi connectivity index (χ2v) is 6.40. The molecule has 0 atom stereocenters. The summed E-state index contributed by atoms with van der Waals surface area (Å²) in [4.78, 5) is 35.6. The quantitative estimate of drug-likeness (QED) is 0.511. The minimum Gasteiger partial charge on any atom is -0.496 e. The van der Waals surface area contributed by atoms with E-state index in [4.69, 9.17) is 4.74 Å². The third-order valence-corrected chi connectivity index (χ3v) is 4.50. The number of rotatable bonds is 6. The van der Waals surface area contributed by atoms with E-state index in [-0.39, 0.29) is 22.5 Å². The summed E-state index contributed by atoms with van der Waals surface area (Å²) in [5, 5.41) is 13.8. The van der Waals surface area contributed by atoms with Crippen LogP contribution >= 0.6 is 0 Å². The first-order chi connectivity index (χ1) is 13.9. The number of pyridine rings is 1. The topological polar surface area (TPSA) is 103 Å². The van der Waals surface area contributed by atoms with Crippen molar-refractivity contribution in [3.8, 4) is 5.75 Å². The summed E-state index contributed by atoms with van der Waals surface area (Å²) in [6.07, 6.45) is 1.44. The van der Waals surface area contributed by atoms with Crippen molar-refractivity contribution in [1.82, 2.24) is 4.57 Å². The SMILES string of the molecule is COc1ccc(NC(=O)c2ccc(=O)n(Cc3ccccc3C)c2)c([N+](=O)[O-])c1. The summed E-state index contributed by atoms with van der Waals surface area (Å²) in [6.45, 7) is 2.26. The molecule has 2 aromatic carbocycles. The number of methoxy groups -OCH3 is 1. The van der Waals surface area contributed by atoms with Crippen molar-refractivity contribution in [2.45, 2.75) is 13.5 Å². The van der Waals surface area contributed by atoms with E-state index in [2.05, 4.69) is 5.32 Å². The van der Waals surface area contributed by atoms with Crippen LogP contribution in [0.25, 0.3) is 0 Å². The number of nitro groups is 1. The summed E-state index contributed by atoms with van der Waals surface area (Å²) in [6, 6.07) is 14.5. The molecule has 0 fully saturated rings. The zero-order chi connectivity index (χ0) is 21.0. The van der Waals surface area contributed by atoms with Crippen LogP contribution in [0.5, 0.6) is 5.75 Å². The van der Waals surface area contributed by atoms with Crippen molar-refractivity contribution in [2.24, 2.45) is 0 Å². The summed E-state index contributed by atoms with van der Waals surface area (Å²) < 4.78 is 6.42. The molecular weight excluding hydrogens is 374 g/mol. The van der Waals surface area contributed by atoms with E-state index in [1.807, 2.05) is 31.2 Å². The van der Waals surface area contributed by atoms with Crippen LogP contribution < -0.4 is 15.6 Å². The van der Waals surface area contributed by atoms with Gasteiger partial charge in [0.1, 0.15) is 11.4 Å². The summed E-state index contributed by atoms with van der Waals surface area (Å²) in [7, 11) is 1.40. The van der Waals surface area contributed by atoms with Gasteiger partial charge in [0.25, 0.3) is 17.2 Å². The van der Waals surface area contributed by atoms with Crippen molar-refractivity contribution in [2.75, 3.05) is 12.4 Å². The number of nitrogens with zero attached hydrogens (tertiary/aromatic N) is 2. The molecule has 8 heteroatoms. The average Bonchev–Trinajstić information content (AvgIpc) is 2.71. The van der Waals surface area contributed by atoms with E-state index < -0.39 is 10.8 Å². The average molecular weight is 393 g/mol. The highest BCUT2D eigenvalue weighted by Crippen LogP contribution is 2.29. The van der Waals surface area contributed by atoms with Crippen LogP contribution in [0.1, 0.15) is 21.5 Å². The molecule has 0 aliphatic carbocycles. The Bertz CT molecular complexity index is 1140. The van der Waals surface area contributed by atoms with Crippen molar-refractivity contribution in [3.63, 3.8) is 0 Å². The number of anilines is 1. The lowest BCUT2D eigenvalue weighted by atomic mass is 10.1. The normalized spacial score (nSPS) is 10.4. The molecule has 3 aromatic rings. The van der Waals surface area contributed by atoms with E-state index in [1.165, 1.54) is 48.2 Å². The Morgan fingerprint density at radius 2 is 1.93 bits per heavy atom. The molecule has 1 heterocycles. The van der Waals surface area contributed by atoms with E-state index >= 15 is 0 Å². The number of carbonyl (C=O) groups excluding carboxylic acids is 1. The Morgan fingerprint density at radius 3 is 2.62 bits per heavy atom. The van der Waals surface area contributed by atoms with Gasteiger partial charge in [0.05, 0.1) is 30.2 Å². The number of nitrogens with one attached hydrogen (secondary N) is 1. The molecule has 1 N–H and O–H groups in total. The lowest BCUT2D eigenvalue weighted by Crippen LogP contribution is -2.23. The van der Waals surface area contributed by atoms with E-state index in [9.17, 15) is 19.7 Å². The van der Waals surface area contributed by atoms with E-state index in [0.717, 1.165) is 11.1 Å². The molecule has 29 heavy (non-hydrogen) atoms. The highest BCUT2D eigenvalue weighted by molar-refractivity contribution is 6.05. The summed E-state index contributed by atoms with van der Waals surface area (Å²) in [5.41, 5.74) is 1.70. The molecule has 0 saturated heterocycles. The Hall–Kier alpha value is -3.94. The van der Waals surface area contributed by atoms with Crippen molar-refractivity contribution < 1.29 is 14.5 Å². The zero-order valence-electron chi connectivity index (χ0n) is 15.9. The fourth-order valence-corrected chi connectivity index (χ4v) is 2.85. The monoisotopic (exact) mass is 393 g/mol. The van der Waals surface area contributed by atoms with Crippen LogP contribution in [0.15, 0.2) is 65.6 Å². The van der Waals surface area contributed by atoms with Gasteiger partial charge < -0.3 is 14.6 Å². The number of aromatic nitrogens is 1. The molecule has 0 aliphatic rings. The fraction of sp³-hybridized carbons (Fsp3) is 0.143. The van der Waals surface area contributed by atoms with Crippen LogP contribution in [0.2, 0.25) is 0 Å². The number of nitro benzene ring substituents is 1. The Morgan fingerprint density at radius 1 is 1.17 bits per heavy atom. The number of hydrogen-bond donors (Lipinski definition) is 1. The predicted molar refractivity (Wildman–Crippen MR) is 109 cm³/mol. The number of hydrogen-bond acceptors (Lipinski definition) is 5. The van der Waals surface area contributed by atoms with Gasteiger partial charge in [-0.3, -0.25) is 19.7 Å². The van der Waals surface area contributed by atoms with Gasteiger partial charge in [-0.1, -0.05) is 24.3 Å². The number of benzene rings is 2. The fourth-order valence-electron chi connectivity index (χ4n) is 2.85. The first kappa shape index (κ1) is 19.8. The van der Waals surface area contributed by atoms with Crippen LogP contribution in [0, 0.1) is 17.0 Å². The third kappa shape index (κ3) is 4.49. The Kier molecular flexibility index (Phi) is 5.73. The standard InChI is InChI=1S/C21H19N3O5/c1-14-5-3-4-6-15(14)12-23-13-16(7-10-20(23)25)21(26)22-18-9-8-17(29-2)11-19(18)24(27)28/h3-11,13H,12H2,1-2H3,(H,22,26). The van der Waals surface area contributed by atoms with Crippen molar-refractivity contribution >= 4 is 17.3 Å². The number of ether oxygens (including phenoxy) is 1. The van der Waals surface area contributed by atoms with E-state index in [0.29, 0.717) is 12.3 Å². The minimum atomic E-state index is -0.600. The minimum absolute atomic E-state index is 0.0393. The van der Waals surface area contributed by atoms with Crippen molar-refractivity contribution in [1.29, 1.82) is 0 Å². The maximum atomic E-state index is 12.6. The molecular formula is C21H19N3O5. The van der Waals surface area contributed by atoms with Gasteiger partial charge in [-0.2, -0.15) is 0 Å². The summed E-state index contributed by atoms with van der Waals surface area (Å²) in [5.74, 6) is -0.252. The lowest BCUT2D eigenvalue weighted by Gasteiger charge is -2.11. The molecule has 8 nitrogen and oxygen atoms in total.